The zero-order valence-corrected chi connectivity index (χ0v) is 22.8. The monoisotopic (exact) mass is 598 g/mol. The van der Waals surface area contributed by atoms with Gasteiger partial charge in [0, 0.05) is 18.8 Å². The molecular weight excluding hydrogens is 565 g/mol. The number of carbonyl (C=O) groups is 4. The van der Waals surface area contributed by atoms with E-state index in [1.807, 2.05) is 6.92 Å². The standard InChI is InChI=1S/C25H33F3O11S/c1-2-23(9-3-4-10-23)38-22(32)19-14-7-11-24(13-15(19)21(31)39-24)20(14)37-18(30)6-5-17(29)36-12-8-16(26)25(27,28)40(33,34)35/h14-16,19-20H,2-13H2,1H3,(H,33,34,35). The maximum Gasteiger partial charge on any atom is 0.400 e. The van der Waals surface area contributed by atoms with Gasteiger partial charge in [0.15, 0.2) is 6.17 Å². The summed E-state index contributed by atoms with van der Waals surface area (Å²) in [6.45, 7) is 1.03. The summed E-state index contributed by atoms with van der Waals surface area (Å²) in [5.41, 5.74) is -1.62. The van der Waals surface area contributed by atoms with Gasteiger partial charge in [-0.25, -0.2) is 4.39 Å². The molecule has 0 aromatic heterocycles. The Bertz CT molecular complexity index is 1140. The van der Waals surface area contributed by atoms with Gasteiger partial charge in [-0.1, -0.05) is 6.92 Å². The van der Waals surface area contributed by atoms with Crippen LogP contribution in [0, 0.1) is 17.8 Å². The van der Waals surface area contributed by atoms with Crippen molar-refractivity contribution < 1.29 is 64.3 Å². The van der Waals surface area contributed by atoms with Crippen molar-refractivity contribution in [2.24, 2.45) is 17.8 Å². The number of esters is 4. The molecule has 1 saturated heterocycles. The van der Waals surface area contributed by atoms with Crippen molar-refractivity contribution in [3.63, 3.8) is 0 Å². The summed E-state index contributed by atoms with van der Waals surface area (Å²) in [4.78, 5) is 50.6. The van der Waals surface area contributed by atoms with E-state index < -0.39 is 106 Å². The SMILES string of the molecule is CCC1(OC(=O)C2C3CC4(CCC2C4OC(=O)CCC(=O)OCCC(F)C(F)(F)S(=O)(=O)O)OC3=O)CCCC1. The lowest BCUT2D eigenvalue weighted by atomic mass is 9.70. The van der Waals surface area contributed by atoms with Crippen molar-refractivity contribution in [2.75, 3.05) is 6.61 Å². The molecule has 1 N–H and O–H groups in total. The summed E-state index contributed by atoms with van der Waals surface area (Å²) in [6.07, 6.45) is -1.38. The second-order valence-corrected chi connectivity index (χ2v) is 12.6. The Balaban J connectivity index is 1.31. The van der Waals surface area contributed by atoms with Gasteiger partial charge in [-0.2, -0.15) is 17.2 Å². The summed E-state index contributed by atoms with van der Waals surface area (Å²) in [6, 6.07) is 0. The van der Waals surface area contributed by atoms with Gasteiger partial charge >= 0.3 is 39.2 Å². The van der Waals surface area contributed by atoms with Crippen LogP contribution in [0.4, 0.5) is 13.2 Å². The van der Waals surface area contributed by atoms with E-state index in [9.17, 15) is 40.8 Å². The van der Waals surface area contributed by atoms with Crippen LogP contribution in [0.3, 0.4) is 0 Å². The highest BCUT2D eigenvalue weighted by atomic mass is 32.2. The van der Waals surface area contributed by atoms with Crippen molar-refractivity contribution in [2.45, 2.75) is 106 Å². The summed E-state index contributed by atoms with van der Waals surface area (Å²) >= 11 is 0. The molecule has 3 bridgehead atoms. The van der Waals surface area contributed by atoms with Crippen LogP contribution in [-0.4, -0.2) is 72.2 Å². The summed E-state index contributed by atoms with van der Waals surface area (Å²) in [7, 11) is -5.99. The van der Waals surface area contributed by atoms with E-state index in [2.05, 4.69) is 4.74 Å². The van der Waals surface area contributed by atoms with Gasteiger partial charge in [0.1, 0.15) is 17.3 Å². The Kier molecular flexibility index (Phi) is 8.48. The van der Waals surface area contributed by atoms with E-state index in [1.165, 1.54) is 0 Å². The normalized spacial score (nSPS) is 31.4. The first kappa shape index (κ1) is 30.5. The van der Waals surface area contributed by atoms with Gasteiger partial charge in [-0.05, 0) is 44.9 Å². The van der Waals surface area contributed by atoms with Gasteiger partial charge in [0.2, 0.25) is 0 Å². The Morgan fingerprint density at radius 3 is 2.42 bits per heavy atom. The van der Waals surface area contributed by atoms with Crippen LogP contribution in [-0.2, 0) is 48.2 Å². The van der Waals surface area contributed by atoms with Crippen molar-refractivity contribution in [3.8, 4) is 0 Å². The summed E-state index contributed by atoms with van der Waals surface area (Å²) in [5, 5.41) is -5.07. The topological polar surface area (TPSA) is 160 Å². The van der Waals surface area contributed by atoms with Crippen molar-refractivity contribution >= 4 is 34.0 Å². The number of fused-ring (bicyclic) bond motifs is 2. The minimum Gasteiger partial charge on any atom is -0.466 e. The largest absolute Gasteiger partial charge is 0.466 e. The van der Waals surface area contributed by atoms with Gasteiger partial charge in [0.25, 0.3) is 0 Å². The molecule has 0 amide bonds. The first-order chi connectivity index (χ1) is 18.6. The van der Waals surface area contributed by atoms with Gasteiger partial charge in [0.05, 0.1) is 31.3 Å². The van der Waals surface area contributed by atoms with Gasteiger partial charge < -0.3 is 18.9 Å². The molecule has 1 spiro atoms. The van der Waals surface area contributed by atoms with E-state index in [0.717, 1.165) is 25.7 Å². The number of hydrogen-bond acceptors (Lipinski definition) is 10. The van der Waals surface area contributed by atoms with Crippen LogP contribution >= 0.6 is 0 Å². The van der Waals surface area contributed by atoms with E-state index in [4.69, 9.17) is 18.8 Å². The number of halogens is 3. The third-order valence-electron chi connectivity index (χ3n) is 8.76. The van der Waals surface area contributed by atoms with E-state index >= 15 is 0 Å². The Hall–Kier alpha value is -2.42. The van der Waals surface area contributed by atoms with Crippen LogP contribution in [0.2, 0.25) is 0 Å². The second kappa shape index (κ2) is 11.1. The third-order valence-corrected chi connectivity index (χ3v) is 9.70. The first-order valence-corrected chi connectivity index (χ1v) is 14.9. The molecule has 226 valence electrons. The lowest BCUT2D eigenvalue weighted by molar-refractivity contribution is -0.182. The minimum absolute atomic E-state index is 0.208. The zero-order chi connectivity index (χ0) is 29.5. The number of rotatable bonds is 12. The summed E-state index contributed by atoms with van der Waals surface area (Å²) in [5.74, 6) is -4.95. The molecule has 6 unspecified atom stereocenters. The fourth-order valence-corrected chi connectivity index (χ4v) is 7.02. The molecule has 0 aromatic carbocycles. The van der Waals surface area contributed by atoms with Gasteiger partial charge in [-0.3, -0.25) is 23.7 Å². The predicted octanol–water partition coefficient (Wildman–Crippen LogP) is 3.04. The Labute approximate surface area is 229 Å². The molecule has 11 nitrogen and oxygen atoms in total. The quantitative estimate of drug-likeness (QED) is 0.200. The average Bonchev–Trinajstić information content (AvgIpc) is 3.51. The lowest BCUT2D eigenvalue weighted by Gasteiger charge is -2.39. The molecule has 4 aliphatic rings. The van der Waals surface area contributed by atoms with Crippen LogP contribution in [0.25, 0.3) is 0 Å². The highest BCUT2D eigenvalue weighted by Crippen LogP contribution is 2.59. The molecule has 3 aliphatic carbocycles. The molecule has 0 radical (unpaired) electrons. The fourth-order valence-electron chi connectivity index (χ4n) is 6.58. The molecule has 6 atom stereocenters. The summed E-state index contributed by atoms with van der Waals surface area (Å²) < 4.78 is 91.3. The number of ether oxygens (including phenoxy) is 4. The number of alkyl halides is 3. The smallest absolute Gasteiger partial charge is 0.400 e. The Morgan fingerprint density at radius 1 is 1.15 bits per heavy atom. The molecule has 4 fully saturated rings. The molecule has 3 saturated carbocycles. The van der Waals surface area contributed by atoms with Crippen LogP contribution < -0.4 is 0 Å². The molecule has 1 aliphatic heterocycles. The molecule has 15 heteroatoms. The lowest BCUT2D eigenvalue weighted by Crippen LogP contribution is -2.51. The third kappa shape index (κ3) is 5.68. The van der Waals surface area contributed by atoms with Crippen LogP contribution in [0.1, 0.15) is 77.6 Å². The molecule has 1 heterocycles. The molecule has 4 rings (SSSR count). The van der Waals surface area contributed by atoms with Crippen LogP contribution in [0.15, 0.2) is 0 Å². The number of carbonyl (C=O) groups excluding carboxylic acids is 4. The fraction of sp³-hybridized carbons (Fsp3) is 0.840. The maximum absolute atomic E-state index is 13.5. The number of hydrogen-bond donors (Lipinski definition) is 1. The van der Waals surface area contributed by atoms with Crippen LogP contribution in [0.5, 0.6) is 0 Å². The zero-order valence-electron chi connectivity index (χ0n) is 21.9. The predicted molar refractivity (Wildman–Crippen MR) is 127 cm³/mol. The maximum atomic E-state index is 13.5. The average molecular weight is 599 g/mol. The molecule has 40 heavy (non-hydrogen) atoms. The van der Waals surface area contributed by atoms with Crippen molar-refractivity contribution in [1.29, 1.82) is 0 Å². The van der Waals surface area contributed by atoms with Crippen molar-refractivity contribution in [3.05, 3.63) is 0 Å². The second-order valence-electron chi connectivity index (χ2n) is 11.1. The molecule has 0 aromatic rings. The van der Waals surface area contributed by atoms with Gasteiger partial charge in [-0.15, -0.1) is 0 Å². The first-order valence-electron chi connectivity index (χ1n) is 13.4. The van der Waals surface area contributed by atoms with E-state index in [0.29, 0.717) is 19.3 Å². The van der Waals surface area contributed by atoms with Crippen molar-refractivity contribution in [1.82, 2.24) is 0 Å². The van der Waals surface area contributed by atoms with E-state index in [1.54, 1.807) is 0 Å². The Morgan fingerprint density at radius 2 is 1.80 bits per heavy atom. The minimum atomic E-state index is -5.99. The van der Waals surface area contributed by atoms with E-state index in [-0.39, 0.29) is 6.42 Å². The highest BCUT2D eigenvalue weighted by molar-refractivity contribution is 7.86. The molecular formula is C25H33F3O11S. The highest BCUT2D eigenvalue weighted by Gasteiger charge is 2.70.